The number of benzene rings is 1. The van der Waals surface area contributed by atoms with Crippen LogP contribution in [-0.4, -0.2) is 41.1 Å². The molecule has 0 spiro atoms. The third-order valence-electron chi connectivity index (χ3n) is 4.05. The summed E-state index contributed by atoms with van der Waals surface area (Å²) in [5.74, 6) is -0.00843. The quantitative estimate of drug-likeness (QED) is 0.732. The van der Waals surface area contributed by atoms with Crippen LogP contribution < -0.4 is 11.1 Å². The molecule has 1 saturated heterocycles. The van der Waals surface area contributed by atoms with Gasteiger partial charge in [0.1, 0.15) is 0 Å². The largest absolute Gasteiger partial charge is 0.393 e. The third-order valence-corrected chi connectivity index (χ3v) is 4.05. The van der Waals surface area contributed by atoms with Crippen LogP contribution in [0.4, 0.5) is 0 Å². The van der Waals surface area contributed by atoms with Gasteiger partial charge in [0.05, 0.1) is 6.10 Å². The lowest BCUT2D eigenvalue weighted by molar-refractivity contribution is -0.121. The van der Waals surface area contributed by atoms with Crippen LogP contribution in [0, 0.1) is 0 Å². The number of hydrogen-bond acceptors (Lipinski definition) is 4. The van der Waals surface area contributed by atoms with Crippen molar-refractivity contribution in [2.45, 2.75) is 51.4 Å². The van der Waals surface area contributed by atoms with Gasteiger partial charge in [0.25, 0.3) is 0 Å². The average Bonchev–Trinajstić information content (AvgIpc) is 2.48. The van der Waals surface area contributed by atoms with Crippen molar-refractivity contribution >= 4 is 5.91 Å². The van der Waals surface area contributed by atoms with Crippen LogP contribution in [0.25, 0.3) is 0 Å². The zero-order chi connectivity index (χ0) is 15.9. The normalized spacial score (nSPS) is 18.1. The fraction of sp³-hybridized carbons (Fsp3) is 0.588. The van der Waals surface area contributed by atoms with E-state index in [1.165, 1.54) is 5.56 Å². The van der Waals surface area contributed by atoms with Crippen molar-refractivity contribution in [3.8, 4) is 0 Å². The number of hydrogen-bond donors (Lipinski definition) is 3. The molecule has 5 nitrogen and oxygen atoms in total. The van der Waals surface area contributed by atoms with Gasteiger partial charge in [-0.3, -0.25) is 9.69 Å². The van der Waals surface area contributed by atoms with E-state index in [0.29, 0.717) is 13.0 Å². The number of nitrogens with one attached hydrogen (secondary N) is 1. The molecule has 5 heteroatoms. The van der Waals surface area contributed by atoms with Crippen molar-refractivity contribution in [3.05, 3.63) is 35.4 Å². The van der Waals surface area contributed by atoms with Gasteiger partial charge in [-0.25, -0.2) is 0 Å². The lowest BCUT2D eigenvalue weighted by Gasteiger charge is -2.30. The fourth-order valence-electron chi connectivity index (χ4n) is 2.76. The Hall–Kier alpha value is -1.43. The molecule has 0 saturated carbocycles. The van der Waals surface area contributed by atoms with Crippen molar-refractivity contribution in [2.75, 3.05) is 13.1 Å². The number of rotatable bonds is 6. The molecule has 22 heavy (non-hydrogen) atoms. The molecule has 0 aromatic heterocycles. The molecule has 1 aromatic rings. The van der Waals surface area contributed by atoms with Crippen molar-refractivity contribution in [1.82, 2.24) is 10.2 Å². The minimum Gasteiger partial charge on any atom is -0.393 e. The first-order chi connectivity index (χ1) is 10.5. The molecule has 1 amide bonds. The summed E-state index contributed by atoms with van der Waals surface area (Å²) < 4.78 is 0. The molecule has 1 unspecified atom stereocenters. The van der Waals surface area contributed by atoms with Gasteiger partial charge in [-0.15, -0.1) is 0 Å². The second-order valence-corrected chi connectivity index (χ2v) is 6.23. The molecule has 1 aromatic carbocycles. The maximum absolute atomic E-state index is 11.7. The average molecular weight is 305 g/mol. The number of aliphatic hydroxyl groups excluding tert-OH is 1. The lowest BCUT2D eigenvalue weighted by atomic mass is 10.0. The van der Waals surface area contributed by atoms with Gasteiger partial charge in [-0.05, 0) is 30.9 Å². The van der Waals surface area contributed by atoms with E-state index >= 15 is 0 Å². The van der Waals surface area contributed by atoms with Gasteiger partial charge in [-0.1, -0.05) is 24.3 Å². The first kappa shape index (κ1) is 16.9. The van der Waals surface area contributed by atoms with Crippen LogP contribution >= 0.6 is 0 Å². The third kappa shape index (κ3) is 5.40. The topological polar surface area (TPSA) is 78.6 Å². The number of carbonyl (C=O) groups excluding carboxylic acids is 1. The zero-order valence-electron chi connectivity index (χ0n) is 13.3. The van der Waals surface area contributed by atoms with E-state index in [9.17, 15) is 9.90 Å². The van der Waals surface area contributed by atoms with Crippen LogP contribution in [0.15, 0.2) is 24.3 Å². The van der Waals surface area contributed by atoms with Gasteiger partial charge in [0.15, 0.2) is 0 Å². The molecule has 1 fully saturated rings. The standard InChI is InChI=1S/C17H27N3O2/c1-13(18)10-17(22)19-11-14-4-2-3-5-15(14)12-20-8-6-16(21)7-9-20/h2-5,13,16,21H,6-12,18H2,1H3,(H,19,22). The second kappa shape index (κ2) is 8.27. The Bertz CT molecular complexity index is 483. The van der Waals surface area contributed by atoms with E-state index < -0.39 is 0 Å². The van der Waals surface area contributed by atoms with Crippen LogP contribution in [0.1, 0.15) is 37.3 Å². The summed E-state index contributed by atoms with van der Waals surface area (Å²) in [5.41, 5.74) is 8.02. The molecule has 1 aliphatic heterocycles. The minimum atomic E-state index is -0.149. The molecular formula is C17H27N3O2. The highest BCUT2D eigenvalue weighted by atomic mass is 16.3. The Balaban J connectivity index is 1.90. The highest BCUT2D eigenvalue weighted by molar-refractivity contribution is 5.76. The summed E-state index contributed by atoms with van der Waals surface area (Å²) in [7, 11) is 0. The van der Waals surface area contributed by atoms with Crippen molar-refractivity contribution in [2.24, 2.45) is 5.73 Å². The molecule has 4 N–H and O–H groups in total. The maximum Gasteiger partial charge on any atom is 0.221 e. The monoisotopic (exact) mass is 305 g/mol. The van der Waals surface area contributed by atoms with Crippen molar-refractivity contribution < 1.29 is 9.90 Å². The highest BCUT2D eigenvalue weighted by Gasteiger charge is 2.17. The van der Waals surface area contributed by atoms with Crippen molar-refractivity contribution in [3.63, 3.8) is 0 Å². The summed E-state index contributed by atoms with van der Waals surface area (Å²) >= 11 is 0. The minimum absolute atomic E-state index is 0.00843. The summed E-state index contributed by atoms with van der Waals surface area (Å²) in [5, 5.41) is 12.5. The van der Waals surface area contributed by atoms with Crippen LogP contribution in [0.5, 0.6) is 0 Å². The molecule has 1 heterocycles. The Labute approximate surface area is 132 Å². The Morgan fingerprint density at radius 2 is 2.00 bits per heavy atom. The molecule has 122 valence electrons. The van der Waals surface area contributed by atoms with Gasteiger partial charge in [0.2, 0.25) is 5.91 Å². The summed E-state index contributed by atoms with van der Waals surface area (Å²) in [4.78, 5) is 14.1. The van der Waals surface area contributed by atoms with Crippen LogP contribution in [0.3, 0.4) is 0 Å². The van der Waals surface area contributed by atoms with E-state index in [2.05, 4.69) is 22.3 Å². The number of amides is 1. The Kier molecular flexibility index (Phi) is 6.36. The molecule has 1 atom stereocenters. The van der Waals surface area contributed by atoms with Crippen molar-refractivity contribution in [1.29, 1.82) is 0 Å². The Morgan fingerprint density at radius 1 is 1.36 bits per heavy atom. The van der Waals surface area contributed by atoms with Crippen LogP contribution in [0.2, 0.25) is 0 Å². The van der Waals surface area contributed by atoms with E-state index in [1.807, 2.05) is 19.1 Å². The predicted octanol–water partition coefficient (Wildman–Crippen LogP) is 0.997. The zero-order valence-corrected chi connectivity index (χ0v) is 13.3. The summed E-state index contributed by atoms with van der Waals surface area (Å²) in [6, 6.07) is 8.08. The highest BCUT2D eigenvalue weighted by Crippen LogP contribution is 2.16. The van der Waals surface area contributed by atoms with E-state index in [0.717, 1.165) is 38.0 Å². The van der Waals surface area contributed by atoms with Gasteiger partial charge < -0.3 is 16.2 Å². The van der Waals surface area contributed by atoms with Gasteiger partial charge in [0, 0.05) is 38.6 Å². The number of carbonyl (C=O) groups is 1. The number of nitrogens with zero attached hydrogens (tertiary/aromatic N) is 1. The smallest absolute Gasteiger partial charge is 0.221 e. The maximum atomic E-state index is 11.7. The SMILES string of the molecule is CC(N)CC(=O)NCc1ccccc1CN1CCC(O)CC1. The van der Waals surface area contributed by atoms with Crippen LogP contribution in [-0.2, 0) is 17.9 Å². The molecular weight excluding hydrogens is 278 g/mol. The fourth-order valence-corrected chi connectivity index (χ4v) is 2.76. The van der Waals surface area contributed by atoms with E-state index in [1.54, 1.807) is 0 Å². The molecule has 1 aliphatic rings. The second-order valence-electron chi connectivity index (χ2n) is 6.23. The van der Waals surface area contributed by atoms with E-state index in [4.69, 9.17) is 5.73 Å². The number of aliphatic hydroxyl groups is 1. The first-order valence-electron chi connectivity index (χ1n) is 8.04. The molecule has 0 aliphatic carbocycles. The number of likely N-dealkylation sites (tertiary alicyclic amines) is 1. The lowest BCUT2D eigenvalue weighted by Crippen LogP contribution is -2.35. The predicted molar refractivity (Wildman–Crippen MR) is 87.1 cm³/mol. The van der Waals surface area contributed by atoms with Gasteiger partial charge in [-0.2, -0.15) is 0 Å². The summed E-state index contributed by atoms with van der Waals surface area (Å²) in [6.07, 6.45) is 1.89. The van der Waals surface area contributed by atoms with E-state index in [-0.39, 0.29) is 18.1 Å². The first-order valence-corrected chi connectivity index (χ1v) is 8.04. The molecule has 0 radical (unpaired) electrons. The number of piperidine rings is 1. The number of nitrogens with two attached hydrogens (primary N) is 1. The Morgan fingerprint density at radius 3 is 2.64 bits per heavy atom. The summed E-state index contributed by atoms with van der Waals surface area (Å²) in [6.45, 7) is 5.08. The van der Waals surface area contributed by atoms with Gasteiger partial charge >= 0.3 is 0 Å². The molecule has 0 bridgehead atoms. The molecule has 2 rings (SSSR count).